The molecule has 0 spiro atoms. The molecule has 5 rings (SSSR count). The van der Waals surface area contributed by atoms with E-state index in [2.05, 4.69) is 33.1 Å². The summed E-state index contributed by atoms with van der Waals surface area (Å²) >= 11 is 1.34. The van der Waals surface area contributed by atoms with Crippen molar-refractivity contribution in [1.29, 1.82) is 5.26 Å². The summed E-state index contributed by atoms with van der Waals surface area (Å²) in [5.74, 6) is -0.220. The smallest absolute Gasteiger partial charge is 0.410 e. The Bertz CT molecular complexity index is 1620. The van der Waals surface area contributed by atoms with Gasteiger partial charge in [-0.2, -0.15) is 15.2 Å². The number of nitrogens with two attached hydrogens (primary N) is 2. The quantitative estimate of drug-likeness (QED) is 0.187. The fourth-order valence-corrected chi connectivity index (χ4v) is 8.04. The van der Waals surface area contributed by atoms with Crippen molar-refractivity contribution in [1.82, 2.24) is 19.8 Å². The second-order valence-corrected chi connectivity index (χ2v) is 15.3. The van der Waals surface area contributed by atoms with Gasteiger partial charge in [0.2, 0.25) is 0 Å². The van der Waals surface area contributed by atoms with E-state index >= 15 is 0 Å². The lowest BCUT2D eigenvalue weighted by molar-refractivity contribution is -0.150. The molecule has 4 heterocycles. The van der Waals surface area contributed by atoms with Crippen LogP contribution < -0.4 is 21.1 Å². The molecular weight excluding hydrogens is 634 g/mol. The molecule has 14 nitrogen and oxygen atoms in total. The molecule has 0 aromatic carbocycles. The van der Waals surface area contributed by atoms with Gasteiger partial charge in [-0.25, -0.2) is 9.59 Å². The fourth-order valence-electron chi connectivity index (χ4n) is 6.85. The highest BCUT2D eigenvalue weighted by molar-refractivity contribution is 7.16. The predicted octanol–water partition coefficient (Wildman–Crippen LogP) is 3.76. The maximum atomic E-state index is 13.6. The zero-order valence-corrected chi connectivity index (χ0v) is 29.7. The summed E-state index contributed by atoms with van der Waals surface area (Å²) < 4.78 is 11.9. The first-order valence-electron chi connectivity index (χ1n) is 16.5. The molecule has 0 radical (unpaired) electrons. The van der Waals surface area contributed by atoms with Crippen LogP contribution in [0.2, 0.25) is 0 Å². The molecule has 15 heteroatoms. The highest BCUT2D eigenvalue weighted by Crippen LogP contribution is 2.46. The maximum absolute atomic E-state index is 13.6. The van der Waals surface area contributed by atoms with Crippen LogP contribution in [0, 0.1) is 11.3 Å². The number of carbonyl (C=O) groups is 2. The van der Waals surface area contributed by atoms with Crippen LogP contribution in [0.15, 0.2) is 11.2 Å². The number of aromatic nitrogens is 2. The monoisotopic (exact) mass is 681 g/mol. The number of carbonyl (C=O) groups excluding carboxylic acids is 2. The van der Waals surface area contributed by atoms with Gasteiger partial charge in [-0.3, -0.25) is 4.90 Å². The first-order valence-corrected chi connectivity index (χ1v) is 17.3. The number of thiophene rings is 1. The minimum atomic E-state index is -1.10. The number of oxime groups is 1. The minimum Gasteiger partial charge on any atom is -0.459 e. The lowest BCUT2D eigenvalue weighted by atomic mass is 9.72. The average Bonchev–Trinajstić information content (AvgIpc) is 3.60. The number of hydrogen-bond acceptors (Lipinski definition) is 13. The Hall–Kier alpha value is -4.16. The Morgan fingerprint density at radius 2 is 1.98 bits per heavy atom. The fraction of sp³-hybridized carbons (Fsp3) is 0.636. The van der Waals surface area contributed by atoms with Crippen molar-refractivity contribution >= 4 is 40.1 Å². The van der Waals surface area contributed by atoms with Gasteiger partial charge in [0.25, 0.3) is 0 Å². The molecule has 1 amide bonds. The zero-order valence-electron chi connectivity index (χ0n) is 28.9. The molecule has 3 aliphatic rings. The van der Waals surface area contributed by atoms with Crippen molar-refractivity contribution in [3.05, 3.63) is 27.8 Å². The van der Waals surface area contributed by atoms with E-state index in [1.165, 1.54) is 11.3 Å². The highest BCUT2D eigenvalue weighted by atomic mass is 32.1. The number of piperazine rings is 1. The maximum Gasteiger partial charge on any atom is 0.410 e. The summed E-state index contributed by atoms with van der Waals surface area (Å²) in [6, 6.07) is 4.04. The van der Waals surface area contributed by atoms with E-state index in [1.54, 1.807) is 17.9 Å². The van der Waals surface area contributed by atoms with E-state index in [1.807, 2.05) is 34.6 Å². The minimum absolute atomic E-state index is 0.121. The molecule has 0 saturated carbocycles. The van der Waals surface area contributed by atoms with Crippen LogP contribution >= 0.6 is 11.3 Å². The van der Waals surface area contributed by atoms with Crippen molar-refractivity contribution in [3.63, 3.8) is 0 Å². The predicted molar refractivity (Wildman–Crippen MR) is 183 cm³/mol. The van der Waals surface area contributed by atoms with E-state index in [-0.39, 0.29) is 41.8 Å². The highest BCUT2D eigenvalue weighted by Gasteiger charge is 2.45. The number of likely N-dealkylation sites (tertiary alicyclic amines) is 1. The van der Waals surface area contributed by atoms with Crippen LogP contribution in [0.25, 0.3) is 0 Å². The molecule has 48 heavy (non-hydrogen) atoms. The van der Waals surface area contributed by atoms with Crippen molar-refractivity contribution in [2.45, 2.75) is 103 Å². The van der Waals surface area contributed by atoms with E-state index in [9.17, 15) is 14.9 Å². The van der Waals surface area contributed by atoms with Gasteiger partial charge < -0.3 is 35.6 Å². The van der Waals surface area contributed by atoms with Gasteiger partial charge in [0.15, 0.2) is 5.84 Å². The number of nitriles is 1. The Morgan fingerprint density at radius 1 is 1.23 bits per heavy atom. The van der Waals surface area contributed by atoms with Crippen LogP contribution in [0.4, 0.5) is 15.6 Å². The largest absolute Gasteiger partial charge is 0.459 e. The lowest BCUT2D eigenvalue weighted by Crippen LogP contribution is -2.55. The Labute approximate surface area is 286 Å². The number of hydrogen-bond donors (Lipinski definition) is 2. The van der Waals surface area contributed by atoms with Gasteiger partial charge in [-0.1, -0.05) is 5.16 Å². The second-order valence-electron chi connectivity index (χ2n) is 14.2. The number of likely N-dealkylation sites (N-methyl/N-ethyl adjacent to an activating group) is 1. The van der Waals surface area contributed by atoms with Crippen LogP contribution in [0.1, 0.15) is 88.9 Å². The van der Waals surface area contributed by atoms with Crippen LogP contribution in [-0.4, -0.2) is 94.7 Å². The molecule has 2 saturated heterocycles. The summed E-state index contributed by atoms with van der Waals surface area (Å²) in [6.45, 7) is 13.6. The standard InChI is InChI=1S/C33H47N9O5S/c1-19-18-41(31(44)46-32(3,4)5)14-15-42(19)25-16-22(37-30(38-25)45-20(2)23-10-9-13-40(23)7)27(35)39-47-29(43)33(6)12-8-11-24-26(33)21(17-34)28(36)48-24/h16,19-20,23H,8-15,18,36H2,1-7H3,(H2,35,39)/t19-,20-,23-,33-/m0/s1. The summed E-state index contributed by atoms with van der Waals surface area (Å²) in [7, 11) is 2.07. The number of amides is 1. The Kier molecular flexibility index (Phi) is 10.1. The number of nitrogens with zero attached hydrogens (tertiary/aromatic N) is 7. The molecule has 0 unspecified atom stereocenters. The third-order valence-electron chi connectivity index (χ3n) is 9.37. The van der Waals surface area contributed by atoms with Crippen LogP contribution in [-0.2, 0) is 26.2 Å². The first-order chi connectivity index (χ1) is 22.6. The number of rotatable bonds is 7. The molecule has 2 aromatic rings. The van der Waals surface area contributed by atoms with Gasteiger partial charge in [0.05, 0.1) is 11.0 Å². The second kappa shape index (κ2) is 13.8. The normalized spacial score (nSPS) is 24.1. The number of aryl methyl sites for hydroxylation is 1. The summed E-state index contributed by atoms with van der Waals surface area (Å²) in [5.41, 5.74) is 12.0. The number of anilines is 2. The van der Waals surface area contributed by atoms with Gasteiger partial charge >= 0.3 is 18.1 Å². The lowest BCUT2D eigenvalue weighted by Gasteiger charge is -2.40. The molecule has 2 fully saturated rings. The van der Waals surface area contributed by atoms with E-state index < -0.39 is 17.0 Å². The Morgan fingerprint density at radius 3 is 2.62 bits per heavy atom. The summed E-state index contributed by atoms with van der Waals surface area (Å²) in [5, 5.41) is 14.2. The van der Waals surface area contributed by atoms with Gasteiger partial charge in [-0.15, -0.1) is 11.3 Å². The molecule has 2 aliphatic heterocycles. The van der Waals surface area contributed by atoms with E-state index in [4.69, 9.17) is 30.8 Å². The van der Waals surface area contributed by atoms with Gasteiger partial charge in [0, 0.05) is 48.2 Å². The third-order valence-corrected chi connectivity index (χ3v) is 10.4. The van der Waals surface area contributed by atoms with Crippen molar-refractivity contribution in [2.24, 2.45) is 10.9 Å². The molecule has 0 bridgehead atoms. The number of ether oxygens (including phenoxy) is 2. The SMILES string of the molecule is C[C@H](Oc1nc(/C(N)=N/OC(=O)[C@@]2(C)CCCc3sc(N)c(C#N)c32)cc(N2CCN(C(=O)OC(C)(C)C)C[C@@H]2C)n1)[C@@H]1CCCN1C. The molecule has 4 N–H and O–H groups in total. The topological polar surface area (TPSA) is 186 Å². The molecule has 4 atom stereocenters. The third kappa shape index (κ3) is 7.29. The average molecular weight is 682 g/mol. The summed E-state index contributed by atoms with van der Waals surface area (Å²) in [4.78, 5) is 48.1. The van der Waals surface area contributed by atoms with Gasteiger partial charge in [0.1, 0.15) is 34.3 Å². The molecule has 2 aromatic heterocycles. The van der Waals surface area contributed by atoms with Gasteiger partial charge in [-0.05, 0) is 87.2 Å². The van der Waals surface area contributed by atoms with Crippen LogP contribution in [0.3, 0.4) is 0 Å². The van der Waals surface area contributed by atoms with E-state index in [0.29, 0.717) is 48.0 Å². The van der Waals surface area contributed by atoms with Crippen LogP contribution in [0.5, 0.6) is 6.01 Å². The van der Waals surface area contributed by atoms with E-state index in [0.717, 1.165) is 37.1 Å². The number of fused-ring (bicyclic) bond motifs is 1. The number of amidine groups is 1. The molecule has 1 aliphatic carbocycles. The Balaban J connectivity index is 1.41. The van der Waals surface area contributed by atoms with Crippen molar-refractivity contribution < 1.29 is 23.9 Å². The first kappa shape index (κ1) is 35.2. The van der Waals surface area contributed by atoms with Crippen molar-refractivity contribution in [3.8, 4) is 12.1 Å². The number of nitrogen functional groups attached to an aromatic ring is 1. The molecule has 260 valence electrons. The summed E-state index contributed by atoms with van der Waals surface area (Å²) in [6.07, 6.45) is 3.48. The van der Waals surface area contributed by atoms with Crippen molar-refractivity contribution in [2.75, 3.05) is 43.9 Å². The molecular formula is C33H47N9O5S. The zero-order chi connectivity index (χ0) is 35.0.